The highest BCUT2D eigenvalue weighted by molar-refractivity contribution is 5.79. The van der Waals surface area contributed by atoms with Crippen molar-refractivity contribution in [2.75, 3.05) is 6.54 Å². The van der Waals surface area contributed by atoms with Crippen LogP contribution in [0.2, 0.25) is 0 Å². The predicted molar refractivity (Wildman–Crippen MR) is 45.6 cm³/mol. The molecule has 0 aromatic carbocycles. The van der Waals surface area contributed by atoms with Gasteiger partial charge < -0.3 is 4.90 Å². The van der Waals surface area contributed by atoms with E-state index in [-0.39, 0.29) is 17.7 Å². The van der Waals surface area contributed by atoms with Crippen LogP contribution in [0.3, 0.4) is 0 Å². The monoisotopic (exact) mass is 167 g/mol. The minimum Gasteiger partial charge on any atom is -0.332 e. The second kappa shape index (κ2) is 3.52. The van der Waals surface area contributed by atoms with Crippen LogP contribution in [0.25, 0.3) is 0 Å². The van der Waals surface area contributed by atoms with Crippen molar-refractivity contribution < 1.29 is 9.59 Å². The number of Topliss-reactive ketones (excluding diaryl/α,β-unsaturated/α-hetero) is 1. The molecular formula is C9H13NO2. The van der Waals surface area contributed by atoms with Gasteiger partial charge >= 0.3 is 0 Å². The van der Waals surface area contributed by atoms with Gasteiger partial charge in [-0.25, -0.2) is 0 Å². The molecular weight excluding hydrogens is 154 g/mol. The Bertz CT molecular complexity index is 233. The van der Waals surface area contributed by atoms with Gasteiger partial charge in [0.25, 0.3) is 0 Å². The molecule has 1 atom stereocenters. The predicted octanol–water partition coefficient (Wildman–Crippen LogP) is 0.752. The zero-order valence-corrected chi connectivity index (χ0v) is 7.41. The lowest BCUT2D eigenvalue weighted by Gasteiger charge is -2.21. The molecule has 0 N–H and O–H groups in total. The zero-order valence-electron chi connectivity index (χ0n) is 7.41. The van der Waals surface area contributed by atoms with Crippen LogP contribution in [0.5, 0.6) is 0 Å². The fourth-order valence-corrected chi connectivity index (χ4v) is 1.41. The van der Waals surface area contributed by atoms with Crippen LogP contribution < -0.4 is 0 Å². The smallest absolute Gasteiger partial charge is 0.220 e. The molecule has 1 unspecified atom stereocenters. The van der Waals surface area contributed by atoms with E-state index in [1.165, 1.54) is 6.92 Å². The van der Waals surface area contributed by atoms with E-state index in [0.29, 0.717) is 13.0 Å². The topological polar surface area (TPSA) is 37.4 Å². The van der Waals surface area contributed by atoms with Gasteiger partial charge in [-0.2, -0.15) is 0 Å². The van der Waals surface area contributed by atoms with Gasteiger partial charge in [-0.05, 0) is 6.92 Å². The Kier molecular flexibility index (Phi) is 2.63. The van der Waals surface area contributed by atoms with Gasteiger partial charge in [0.05, 0.1) is 6.04 Å². The molecule has 1 rings (SSSR count). The highest BCUT2D eigenvalue weighted by atomic mass is 16.2. The van der Waals surface area contributed by atoms with Crippen LogP contribution in [-0.2, 0) is 9.59 Å². The highest BCUT2D eigenvalue weighted by Gasteiger charge is 2.22. The number of rotatable bonds is 2. The van der Waals surface area contributed by atoms with E-state index < -0.39 is 0 Å². The number of hydrogen-bond acceptors (Lipinski definition) is 2. The molecule has 0 aliphatic carbocycles. The second-order valence-corrected chi connectivity index (χ2v) is 3.07. The summed E-state index contributed by atoms with van der Waals surface area (Å²) in [5, 5.41) is 0. The summed E-state index contributed by atoms with van der Waals surface area (Å²) in [6, 6.07) is -0.000000000000000222. The second-order valence-electron chi connectivity index (χ2n) is 3.07. The van der Waals surface area contributed by atoms with E-state index in [4.69, 9.17) is 0 Å². The standard InChI is InChI=1S/C9H13NO2/c1-7(11)6-9-4-3-5-10(9)8(2)12/h3-4,9H,5-6H2,1-2H3. The first-order chi connectivity index (χ1) is 5.61. The molecule has 1 aliphatic rings. The first-order valence-electron chi connectivity index (χ1n) is 4.04. The largest absolute Gasteiger partial charge is 0.332 e. The Morgan fingerprint density at radius 3 is 2.67 bits per heavy atom. The van der Waals surface area contributed by atoms with E-state index in [0.717, 1.165) is 0 Å². The van der Waals surface area contributed by atoms with Crippen molar-refractivity contribution in [1.82, 2.24) is 4.90 Å². The van der Waals surface area contributed by atoms with Crippen molar-refractivity contribution >= 4 is 11.7 Å². The van der Waals surface area contributed by atoms with Crippen molar-refractivity contribution in [3.8, 4) is 0 Å². The van der Waals surface area contributed by atoms with E-state index in [2.05, 4.69) is 0 Å². The van der Waals surface area contributed by atoms with Crippen LogP contribution in [0, 0.1) is 0 Å². The normalized spacial score (nSPS) is 21.5. The van der Waals surface area contributed by atoms with Crippen molar-refractivity contribution in [2.45, 2.75) is 26.3 Å². The number of carbonyl (C=O) groups excluding carboxylic acids is 2. The maximum Gasteiger partial charge on any atom is 0.220 e. The quantitative estimate of drug-likeness (QED) is 0.569. The Morgan fingerprint density at radius 2 is 2.17 bits per heavy atom. The summed E-state index contributed by atoms with van der Waals surface area (Å²) in [5.41, 5.74) is 0. The van der Waals surface area contributed by atoms with E-state index in [9.17, 15) is 9.59 Å². The molecule has 0 spiro atoms. The van der Waals surface area contributed by atoms with Crippen LogP contribution in [-0.4, -0.2) is 29.2 Å². The van der Waals surface area contributed by atoms with Crippen molar-refractivity contribution in [2.24, 2.45) is 0 Å². The van der Waals surface area contributed by atoms with Gasteiger partial charge in [-0.15, -0.1) is 0 Å². The molecule has 3 nitrogen and oxygen atoms in total. The number of amides is 1. The molecule has 1 amide bonds. The summed E-state index contributed by atoms with van der Waals surface area (Å²) in [6.07, 6.45) is 4.29. The number of hydrogen-bond donors (Lipinski definition) is 0. The summed E-state index contributed by atoms with van der Waals surface area (Å²) in [6.45, 7) is 3.72. The average molecular weight is 167 g/mol. The van der Waals surface area contributed by atoms with Gasteiger partial charge in [0, 0.05) is 19.9 Å². The molecule has 66 valence electrons. The molecule has 0 fully saturated rings. The lowest BCUT2D eigenvalue weighted by Crippen LogP contribution is -2.35. The van der Waals surface area contributed by atoms with Gasteiger partial charge in [0.1, 0.15) is 5.78 Å². The Hall–Kier alpha value is -1.12. The van der Waals surface area contributed by atoms with E-state index in [1.54, 1.807) is 11.8 Å². The fraction of sp³-hybridized carbons (Fsp3) is 0.556. The molecule has 1 heterocycles. The summed E-state index contributed by atoms with van der Waals surface area (Å²) in [4.78, 5) is 23.5. The lowest BCUT2D eigenvalue weighted by molar-refractivity contribution is -0.129. The lowest BCUT2D eigenvalue weighted by atomic mass is 10.1. The molecule has 0 saturated carbocycles. The maximum absolute atomic E-state index is 11.0. The molecule has 12 heavy (non-hydrogen) atoms. The Morgan fingerprint density at radius 1 is 1.50 bits per heavy atom. The number of nitrogens with zero attached hydrogens (tertiary/aromatic N) is 1. The van der Waals surface area contributed by atoms with Crippen molar-refractivity contribution in [3.05, 3.63) is 12.2 Å². The first-order valence-corrected chi connectivity index (χ1v) is 4.04. The molecule has 0 radical (unpaired) electrons. The van der Waals surface area contributed by atoms with E-state index >= 15 is 0 Å². The fourth-order valence-electron chi connectivity index (χ4n) is 1.41. The molecule has 0 saturated heterocycles. The van der Waals surface area contributed by atoms with Gasteiger partial charge in [-0.3, -0.25) is 9.59 Å². The van der Waals surface area contributed by atoms with E-state index in [1.807, 2.05) is 12.2 Å². The van der Waals surface area contributed by atoms with Crippen LogP contribution in [0.15, 0.2) is 12.2 Å². The third-order valence-corrected chi connectivity index (χ3v) is 1.96. The minimum absolute atomic E-state index is 0.000000000000000222. The molecule has 0 aromatic rings. The number of ketones is 1. The Labute approximate surface area is 72.0 Å². The van der Waals surface area contributed by atoms with Gasteiger partial charge in [0.15, 0.2) is 0 Å². The average Bonchev–Trinajstić information content (AvgIpc) is 2.33. The van der Waals surface area contributed by atoms with Crippen LogP contribution in [0.1, 0.15) is 20.3 Å². The van der Waals surface area contributed by atoms with Crippen LogP contribution >= 0.6 is 0 Å². The molecule has 0 aromatic heterocycles. The first kappa shape index (κ1) is 8.97. The van der Waals surface area contributed by atoms with Gasteiger partial charge in [0.2, 0.25) is 5.91 Å². The molecule has 0 bridgehead atoms. The van der Waals surface area contributed by atoms with Crippen molar-refractivity contribution in [1.29, 1.82) is 0 Å². The summed E-state index contributed by atoms with van der Waals surface area (Å²) >= 11 is 0. The Balaban J connectivity index is 2.57. The third kappa shape index (κ3) is 1.94. The summed E-state index contributed by atoms with van der Waals surface area (Å²) < 4.78 is 0. The molecule has 3 heteroatoms. The summed E-state index contributed by atoms with van der Waals surface area (Å²) in [5.74, 6) is 0.157. The maximum atomic E-state index is 11.0. The van der Waals surface area contributed by atoms with Crippen LogP contribution in [0.4, 0.5) is 0 Å². The third-order valence-electron chi connectivity index (χ3n) is 1.96. The van der Waals surface area contributed by atoms with Gasteiger partial charge in [-0.1, -0.05) is 12.2 Å². The highest BCUT2D eigenvalue weighted by Crippen LogP contribution is 2.13. The summed E-state index contributed by atoms with van der Waals surface area (Å²) in [7, 11) is 0. The molecule has 1 aliphatic heterocycles. The number of carbonyl (C=O) groups is 2. The SMILES string of the molecule is CC(=O)CC1C=CCN1C(C)=O. The van der Waals surface area contributed by atoms with Crippen molar-refractivity contribution in [3.63, 3.8) is 0 Å². The minimum atomic E-state index is -0.000000000000000222. The zero-order chi connectivity index (χ0) is 9.14.